The predicted molar refractivity (Wildman–Crippen MR) is 93.0 cm³/mol. The summed E-state index contributed by atoms with van der Waals surface area (Å²) in [5.41, 5.74) is 0.814. The maximum Gasteiger partial charge on any atom is 0.239 e. The van der Waals surface area contributed by atoms with Crippen LogP contribution >= 0.6 is 0 Å². The molecule has 24 heavy (non-hydrogen) atoms. The Bertz CT molecular complexity index is 550. The van der Waals surface area contributed by atoms with Gasteiger partial charge in [-0.1, -0.05) is 19.1 Å². The SMILES string of the molecule is CCC1(CO)CCN(C(C)C(=O)N(C)Cc2cccc(F)c2)CC1. The number of amides is 1. The van der Waals surface area contributed by atoms with Crippen molar-refractivity contribution in [1.29, 1.82) is 0 Å². The molecule has 5 heteroatoms. The quantitative estimate of drug-likeness (QED) is 0.868. The highest BCUT2D eigenvalue weighted by Gasteiger charge is 2.35. The van der Waals surface area contributed by atoms with Crippen LogP contribution in [0.4, 0.5) is 4.39 Å². The second-order valence-electron chi connectivity index (χ2n) is 7.05. The number of piperidine rings is 1. The first kappa shape index (κ1) is 18.9. The van der Waals surface area contributed by atoms with E-state index in [-0.39, 0.29) is 29.8 Å². The van der Waals surface area contributed by atoms with Gasteiger partial charge in [-0.3, -0.25) is 9.69 Å². The average Bonchev–Trinajstić information content (AvgIpc) is 2.60. The Morgan fingerprint density at radius 3 is 2.62 bits per heavy atom. The molecular formula is C19H29FN2O2. The lowest BCUT2D eigenvalue weighted by Crippen LogP contribution is -2.51. The van der Waals surface area contributed by atoms with Crippen molar-refractivity contribution in [2.75, 3.05) is 26.7 Å². The highest BCUT2D eigenvalue weighted by Crippen LogP contribution is 2.34. The molecule has 0 bridgehead atoms. The number of aliphatic hydroxyl groups excluding tert-OH is 1. The molecule has 134 valence electrons. The molecule has 1 fully saturated rings. The summed E-state index contributed by atoms with van der Waals surface area (Å²) in [7, 11) is 1.76. The molecule has 1 amide bonds. The molecule has 2 rings (SSSR count). The van der Waals surface area contributed by atoms with Gasteiger partial charge < -0.3 is 10.0 Å². The van der Waals surface area contributed by atoms with Crippen LogP contribution in [-0.4, -0.2) is 53.6 Å². The summed E-state index contributed by atoms with van der Waals surface area (Å²) in [6.45, 7) is 6.34. The Balaban J connectivity index is 1.92. The number of hydrogen-bond donors (Lipinski definition) is 1. The molecule has 0 aliphatic carbocycles. The minimum atomic E-state index is -0.280. The third kappa shape index (κ3) is 4.33. The van der Waals surface area contributed by atoms with Gasteiger partial charge >= 0.3 is 0 Å². The van der Waals surface area contributed by atoms with Crippen LogP contribution in [0.5, 0.6) is 0 Å². The van der Waals surface area contributed by atoms with E-state index in [4.69, 9.17) is 0 Å². The van der Waals surface area contributed by atoms with Crippen molar-refractivity contribution in [3.8, 4) is 0 Å². The van der Waals surface area contributed by atoms with E-state index in [1.54, 1.807) is 18.0 Å². The minimum Gasteiger partial charge on any atom is -0.396 e. The lowest BCUT2D eigenvalue weighted by molar-refractivity contribution is -0.136. The predicted octanol–water partition coefficient (Wildman–Crippen LogP) is 2.66. The summed E-state index contributed by atoms with van der Waals surface area (Å²) in [4.78, 5) is 16.5. The van der Waals surface area contributed by atoms with E-state index in [2.05, 4.69) is 11.8 Å². The number of hydrogen-bond acceptors (Lipinski definition) is 3. The fraction of sp³-hybridized carbons (Fsp3) is 0.632. The number of benzene rings is 1. The maximum atomic E-state index is 13.3. The Labute approximate surface area is 144 Å². The van der Waals surface area contributed by atoms with Crippen molar-refractivity contribution < 1.29 is 14.3 Å². The van der Waals surface area contributed by atoms with Crippen LogP contribution < -0.4 is 0 Å². The average molecular weight is 336 g/mol. The molecule has 1 heterocycles. The lowest BCUT2D eigenvalue weighted by atomic mass is 9.76. The largest absolute Gasteiger partial charge is 0.396 e. The van der Waals surface area contributed by atoms with Gasteiger partial charge in [-0.05, 0) is 62.4 Å². The molecule has 1 atom stereocenters. The van der Waals surface area contributed by atoms with Gasteiger partial charge in [-0.15, -0.1) is 0 Å². The van der Waals surface area contributed by atoms with E-state index in [1.165, 1.54) is 12.1 Å². The molecule has 0 radical (unpaired) electrons. The third-order valence-electron chi connectivity index (χ3n) is 5.53. The fourth-order valence-electron chi connectivity index (χ4n) is 3.47. The number of carbonyl (C=O) groups excluding carboxylic acids is 1. The van der Waals surface area contributed by atoms with Crippen molar-refractivity contribution in [3.05, 3.63) is 35.6 Å². The zero-order valence-electron chi connectivity index (χ0n) is 15.0. The van der Waals surface area contributed by atoms with Crippen LogP contribution in [0.25, 0.3) is 0 Å². The van der Waals surface area contributed by atoms with E-state index >= 15 is 0 Å². The van der Waals surface area contributed by atoms with Crippen LogP contribution in [-0.2, 0) is 11.3 Å². The normalized spacial score (nSPS) is 19.0. The molecule has 1 unspecified atom stereocenters. The van der Waals surface area contributed by atoms with Crippen LogP contribution in [0.15, 0.2) is 24.3 Å². The first-order valence-electron chi connectivity index (χ1n) is 8.75. The van der Waals surface area contributed by atoms with Crippen molar-refractivity contribution >= 4 is 5.91 Å². The highest BCUT2D eigenvalue weighted by atomic mass is 19.1. The van der Waals surface area contributed by atoms with Gasteiger partial charge in [-0.25, -0.2) is 4.39 Å². The lowest BCUT2D eigenvalue weighted by Gasteiger charge is -2.42. The molecule has 1 aliphatic rings. The van der Waals surface area contributed by atoms with Gasteiger partial charge in [0, 0.05) is 20.2 Å². The van der Waals surface area contributed by atoms with E-state index in [9.17, 15) is 14.3 Å². The smallest absolute Gasteiger partial charge is 0.239 e. The minimum absolute atomic E-state index is 0.0206. The highest BCUT2D eigenvalue weighted by molar-refractivity contribution is 5.81. The summed E-state index contributed by atoms with van der Waals surface area (Å²) in [6.07, 6.45) is 2.82. The first-order chi connectivity index (χ1) is 11.4. The molecule has 1 aromatic carbocycles. The molecule has 1 aromatic rings. The second kappa shape index (κ2) is 8.08. The van der Waals surface area contributed by atoms with Crippen LogP contribution in [0.2, 0.25) is 0 Å². The molecule has 0 saturated carbocycles. The molecule has 0 aromatic heterocycles. The van der Waals surface area contributed by atoms with Crippen LogP contribution in [0.3, 0.4) is 0 Å². The number of aliphatic hydroxyl groups is 1. The summed E-state index contributed by atoms with van der Waals surface area (Å²) >= 11 is 0. The van der Waals surface area contributed by atoms with E-state index < -0.39 is 0 Å². The van der Waals surface area contributed by atoms with Gasteiger partial charge in [0.1, 0.15) is 5.82 Å². The number of likely N-dealkylation sites (tertiary alicyclic amines) is 1. The monoisotopic (exact) mass is 336 g/mol. The van der Waals surface area contributed by atoms with Gasteiger partial charge in [0.2, 0.25) is 5.91 Å². The number of likely N-dealkylation sites (N-methyl/N-ethyl adjacent to an activating group) is 1. The number of carbonyl (C=O) groups is 1. The maximum absolute atomic E-state index is 13.3. The topological polar surface area (TPSA) is 43.8 Å². The van der Waals surface area contributed by atoms with Crippen LogP contribution in [0.1, 0.15) is 38.7 Å². The molecule has 1 N–H and O–H groups in total. The Hall–Kier alpha value is -1.46. The summed E-state index contributed by atoms with van der Waals surface area (Å²) in [6, 6.07) is 6.16. The van der Waals surface area contributed by atoms with E-state index in [0.717, 1.165) is 37.9 Å². The number of rotatable bonds is 6. The zero-order chi connectivity index (χ0) is 17.7. The molecule has 1 saturated heterocycles. The molecule has 0 spiro atoms. The molecular weight excluding hydrogens is 307 g/mol. The molecule has 1 aliphatic heterocycles. The first-order valence-corrected chi connectivity index (χ1v) is 8.75. The fourth-order valence-corrected chi connectivity index (χ4v) is 3.47. The summed E-state index contributed by atoms with van der Waals surface area (Å²) in [5.74, 6) is -0.232. The summed E-state index contributed by atoms with van der Waals surface area (Å²) in [5, 5.41) is 9.63. The number of halogens is 1. The van der Waals surface area contributed by atoms with Crippen molar-refractivity contribution in [2.45, 2.75) is 45.7 Å². The van der Waals surface area contributed by atoms with Crippen molar-refractivity contribution in [3.63, 3.8) is 0 Å². The molecule has 4 nitrogen and oxygen atoms in total. The standard InChI is InChI=1S/C19H29FN2O2/c1-4-19(14-23)8-10-22(11-9-19)15(2)18(24)21(3)13-16-6-5-7-17(20)12-16/h5-7,12,15,23H,4,8-11,13-14H2,1-3H3. The van der Waals surface area contributed by atoms with E-state index in [1.807, 2.05) is 13.0 Å². The number of nitrogens with zero attached hydrogens (tertiary/aromatic N) is 2. The second-order valence-corrected chi connectivity index (χ2v) is 7.05. The van der Waals surface area contributed by atoms with Crippen molar-refractivity contribution in [1.82, 2.24) is 9.80 Å². The van der Waals surface area contributed by atoms with Gasteiger partial charge in [0.15, 0.2) is 0 Å². The Morgan fingerprint density at radius 1 is 1.42 bits per heavy atom. The Morgan fingerprint density at radius 2 is 2.08 bits per heavy atom. The van der Waals surface area contributed by atoms with Gasteiger partial charge in [0.05, 0.1) is 6.04 Å². The third-order valence-corrected chi connectivity index (χ3v) is 5.53. The van der Waals surface area contributed by atoms with Crippen LogP contribution in [0, 0.1) is 11.2 Å². The zero-order valence-corrected chi connectivity index (χ0v) is 15.0. The van der Waals surface area contributed by atoms with Gasteiger partial charge in [0.25, 0.3) is 0 Å². The summed E-state index contributed by atoms with van der Waals surface area (Å²) < 4.78 is 13.3. The Kier molecular flexibility index (Phi) is 6.35. The van der Waals surface area contributed by atoms with Crippen molar-refractivity contribution in [2.24, 2.45) is 5.41 Å². The van der Waals surface area contributed by atoms with E-state index in [0.29, 0.717) is 6.54 Å². The van der Waals surface area contributed by atoms with Gasteiger partial charge in [-0.2, -0.15) is 0 Å².